The minimum absolute atomic E-state index is 0.232. The number of pyridine rings is 1. The molecule has 0 saturated carbocycles. The van der Waals surface area contributed by atoms with Gasteiger partial charge in [0.05, 0.1) is 21.8 Å². The van der Waals surface area contributed by atoms with E-state index in [0.717, 1.165) is 19.4 Å². The molecule has 0 aromatic carbocycles. The minimum Gasteiger partial charge on any atom is -0.376 e. The Bertz CT molecular complexity index is 478. The molecule has 2 rings (SSSR count). The summed E-state index contributed by atoms with van der Waals surface area (Å²) in [5.41, 5.74) is 0.704. The van der Waals surface area contributed by atoms with Crippen molar-refractivity contribution in [2.45, 2.75) is 25.9 Å². The highest BCUT2D eigenvalue weighted by atomic mass is 35.5. The molecule has 0 spiro atoms. The molecule has 0 amide bonds. The van der Waals surface area contributed by atoms with Crippen molar-refractivity contribution in [1.82, 2.24) is 10.3 Å². The van der Waals surface area contributed by atoms with E-state index in [4.69, 9.17) is 40.2 Å². The van der Waals surface area contributed by atoms with Gasteiger partial charge in [-0.2, -0.15) is 0 Å². The normalized spacial score (nSPS) is 18.4. The van der Waals surface area contributed by atoms with Crippen LogP contribution in [0.1, 0.15) is 18.5 Å². The summed E-state index contributed by atoms with van der Waals surface area (Å²) in [7, 11) is 0. The van der Waals surface area contributed by atoms with Crippen molar-refractivity contribution in [1.29, 1.82) is 0 Å². The molecule has 0 aliphatic carbocycles. The van der Waals surface area contributed by atoms with E-state index in [2.05, 4.69) is 15.6 Å². The second kappa shape index (κ2) is 6.70. The number of rotatable bonds is 3. The lowest BCUT2D eigenvalue weighted by molar-refractivity contribution is 0.114. The Morgan fingerprint density at radius 3 is 3.00 bits per heavy atom. The highest BCUT2D eigenvalue weighted by Gasteiger charge is 2.15. The fourth-order valence-electron chi connectivity index (χ4n) is 1.81. The van der Waals surface area contributed by atoms with E-state index in [9.17, 15) is 0 Å². The topological polar surface area (TPSA) is 46.2 Å². The quantitative estimate of drug-likeness (QED) is 0.838. The largest absolute Gasteiger partial charge is 0.376 e. The monoisotopic (exact) mass is 319 g/mol. The lowest BCUT2D eigenvalue weighted by Crippen LogP contribution is -2.35. The Morgan fingerprint density at radius 1 is 1.53 bits per heavy atom. The SMILES string of the molecule is Cc1nc(NC(=S)NC[C@@H]2CCCO2)c(Cl)cc1Cl. The predicted molar refractivity (Wildman–Crippen MR) is 82.2 cm³/mol. The molecule has 2 heterocycles. The van der Waals surface area contributed by atoms with Gasteiger partial charge in [-0.1, -0.05) is 23.2 Å². The van der Waals surface area contributed by atoms with Gasteiger partial charge in [-0.05, 0) is 38.0 Å². The van der Waals surface area contributed by atoms with E-state index in [-0.39, 0.29) is 6.10 Å². The van der Waals surface area contributed by atoms with Gasteiger partial charge in [0.25, 0.3) is 0 Å². The van der Waals surface area contributed by atoms with Crippen LogP contribution in [0.3, 0.4) is 0 Å². The molecular weight excluding hydrogens is 305 g/mol. The maximum atomic E-state index is 6.05. The number of aromatic nitrogens is 1. The molecule has 4 nitrogen and oxygen atoms in total. The van der Waals surface area contributed by atoms with Gasteiger partial charge in [-0.3, -0.25) is 0 Å². The van der Waals surface area contributed by atoms with Crippen molar-refractivity contribution in [3.8, 4) is 0 Å². The fraction of sp³-hybridized carbons (Fsp3) is 0.500. The summed E-state index contributed by atoms with van der Waals surface area (Å²) >= 11 is 17.2. The van der Waals surface area contributed by atoms with Crippen molar-refractivity contribution in [2.24, 2.45) is 0 Å². The van der Waals surface area contributed by atoms with Gasteiger partial charge in [-0.25, -0.2) is 4.98 Å². The second-order valence-electron chi connectivity index (χ2n) is 4.36. The summed E-state index contributed by atoms with van der Waals surface area (Å²) in [4.78, 5) is 4.26. The van der Waals surface area contributed by atoms with Gasteiger partial charge in [0.1, 0.15) is 0 Å². The zero-order chi connectivity index (χ0) is 13.8. The van der Waals surface area contributed by atoms with Gasteiger partial charge in [-0.15, -0.1) is 0 Å². The van der Waals surface area contributed by atoms with Crippen LogP contribution in [0.25, 0.3) is 0 Å². The molecule has 1 fully saturated rings. The van der Waals surface area contributed by atoms with Crippen LogP contribution in [0, 0.1) is 6.92 Å². The first-order valence-electron chi connectivity index (χ1n) is 6.05. The van der Waals surface area contributed by atoms with Crippen molar-refractivity contribution < 1.29 is 4.74 Å². The standard InChI is InChI=1S/C12H15Cl2N3OS/c1-7-9(13)5-10(14)11(16-7)17-12(19)15-6-8-3-2-4-18-8/h5,8H,2-4,6H2,1H3,(H2,15,16,17,19)/t8-/m0/s1. The summed E-state index contributed by atoms with van der Waals surface area (Å²) in [6.07, 6.45) is 2.40. The van der Waals surface area contributed by atoms with E-state index in [1.165, 1.54) is 0 Å². The number of hydrogen-bond acceptors (Lipinski definition) is 3. The molecule has 1 atom stereocenters. The number of nitrogens with one attached hydrogen (secondary N) is 2. The number of anilines is 1. The summed E-state index contributed by atoms with van der Waals surface area (Å²) in [6.45, 7) is 3.33. The number of thiocarbonyl (C=S) groups is 1. The molecular formula is C12H15Cl2N3OS. The number of halogens is 2. The molecule has 1 aromatic heterocycles. The minimum atomic E-state index is 0.232. The third-order valence-electron chi connectivity index (χ3n) is 2.85. The maximum Gasteiger partial charge on any atom is 0.172 e. The van der Waals surface area contributed by atoms with Crippen LogP contribution in [0.15, 0.2) is 6.07 Å². The summed E-state index contributed by atoms with van der Waals surface area (Å²) < 4.78 is 5.50. The summed E-state index contributed by atoms with van der Waals surface area (Å²) in [6, 6.07) is 1.65. The first kappa shape index (κ1) is 14.8. The Hall–Kier alpha value is -0.620. The highest BCUT2D eigenvalue weighted by molar-refractivity contribution is 7.80. The van der Waals surface area contributed by atoms with E-state index in [0.29, 0.717) is 33.2 Å². The van der Waals surface area contributed by atoms with E-state index in [1.54, 1.807) is 6.07 Å². The van der Waals surface area contributed by atoms with Crippen molar-refractivity contribution >= 4 is 46.4 Å². The molecule has 1 aliphatic rings. The first-order chi connectivity index (χ1) is 9.06. The Balaban J connectivity index is 1.89. The van der Waals surface area contributed by atoms with Crippen molar-refractivity contribution in [2.75, 3.05) is 18.5 Å². The fourth-order valence-corrected chi connectivity index (χ4v) is 2.40. The van der Waals surface area contributed by atoms with Gasteiger partial charge in [0, 0.05) is 13.2 Å². The van der Waals surface area contributed by atoms with Crippen LogP contribution in [0.4, 0.5) is 5.82 Å². The number of aryl methyl sites for hydroxylation is 1. The smallest absolute Gasteiger partial charge is 0.172 e. The number of ether oxygens (including phenoxy) is 1. The molecule has 0 bridgehead atoms. The Kier molecular flexibility index (Phi) is 5.21. The molecule has 2 N–H and O–H groups in total. The van der Waals surface area contributed by atoms with E-state index >= 15 is 0 Å². The van der Waals surface area contributed by atoms with Crippen LogP contribution in [-0.4, -0.2) is 29.4 Å². The Labute approximate surface area is 127 Å². The van der Waals surface area contributed by atoms with Crippen LogP contribution >= 0.6 is 35.4 Å². The Morgan fingerprint density at radius 2 is 2.32 bits per heavy atom. The van der Waals surface area contributed by atoms with Crippen LogP contribution < -0.4 is 10.6 Å². The zero-order valence-corrected chi connectivity index (χ0v) is 12.8. The number of hydrogen-bond donors (Lipinski definition) is 2. The highest BCUT2D eigenvalue weighted by Crippen LogP contribution is 2.25. The van der Waals surface area contributed by atoms with Gasteiger partial charge < -0.3 is 15.4 Å². The zero-order valence-electron chi connectivity index (χ0n) is 10.5. The molecule has 104 valence electrons. The van der Waals surface area contributed by atoms with Crippen molar-refractivity contribution in [3.05, 3.63) is 21.8 Å². The molecule has 7 heteroatoms. The lowest BCUT2D eigenvalue weighted by Gasteiger charge is -2.14. The predicted octanol–water partition coefficient (Wildman–Crippen LogP) is 3.16. The molecule has 0 radical (unpaired) electrons. The molecule has 0 unspecified atom stereocenters. The lowest BCUT2D eigenvalue weighted by atomic mass is 10.2. The summed E-state index contributed by atoms with van der Waals surface area (Å²) in [5, 5.41) is 7.52. The van der Waals surface area contributed by atoms with Crippen LogP contribution in [-0.2, 0) is 4.74 Å². The third-order valence-corrected chi connectivity index (χ3v) is 3.77. The van der Waals surface area contributed by atoms with E-state index < -0.39 is 0 Å². The third kappa shape index (κ3) is 4.18. The first-order valence-corrected chi connectivity index (χ1v) is 7.22. The van der Waals surface area contributed by atoms with Gasteiger partial charge in [0.15, 0.2) is 10.9 Å². The molecule has 1 aliphatic heterocycles. The van der Waals surface area contributed by atoms with E-state index in [1.807, 2.05) is 6.92 Å². The second-order valence-corrected chi connectivity index (χ2v) is 5.58. The average molecular weight is 320 g/mol. The van der Waals surface area contributed by atoms with Crippen molar-refractivity contribution in [3.63, 3.8) is 0 Å². The number of nitrogens with zero attached hydrogens (tertiary/aromatic N) is 1. The summed E-state index contributed by atoms with van der Waals surface area (Å²) in [5.74, 6) is 0.508. The average Bonchev–Trinajstić information content (AvgIpc) is 2.86. The van der Waals surface area contributed by atoms with Gasteiger partial charge in [0.2, 0.25) is 0 Å². The van der Waals surface area contributed by atoms with Gasteiger partial charge >= 0.3 is 0 Å². The molecule has 1 saturated heterocycles. The van der Waals surface area contributed by atoms with Crippen LogP contribution in [0.5, 0.6) is 0 Å². The molecule has 19 heavy (non-hydrogen) atoms. The maximum absolute atomic E-state index is 6.05. The van der Waals surface area contributed by atoms with Crippen LogP contribution in [0.2, 0.25) is 10.0 Å². The molecule has 1 aromatic rings.